The summed E-state index contributed by atoms with van der Waals surface area (Å²) in [4.78, 5) is 0. The molecular formula is C11H12NO. The third-order valence-corrected chi connectivity index (χ3v) is 2.26. The van der Waals surface area contributed by atoms with Crippen molar-refractivity contribution in [3.8, 4) is 0 Å². The minimum absolute atomic E-state index is 0.310. The molecule has 0 aliphatic rings. The van der Waals surface area contributed by atoms with Crippen LogP contribution < -0.4 is 0 Å². The van der Waals surface area contributed by atoms with Crippen LogP contribution in [0, 0.1) is 13.2 Å². The smallest absolute Gasteiger partial charge is 0.187 e. The predicted molar refractivity (Wildman–Crippen MR) is 52.9 cm³/mol. The van der Waals surface area contributed by atoms with E-state index >= 15 is 0 Å². The lowest BCUT2D eigenvalue weighted by atomic mass is 10.2. The quantitative estimate of drug-likeness (QED) is 0.706. The molecule has 0 aliphatic heterocycles. The molecule has 1 aromatic heterocycles. The fraction of sp³-hybridized carbons (Fsp3) is 0.182. The number of aryl methyl sites for hydroxylation is 1. The third kappa shape index (κ3) is 1.23. The van der Waals surface area contributed by atoms with Gasteiger partial charge in [-0.1, -0.05) is 18.2 Å². The number of aliphatic hydroxyl groups excluding tert-OH is 1. The average molecular weight is 174 g/mol. The van der Waals surface area contributed by atoms with Crippen LogP contribution in [0.2, 0.25) is 0 Å². The van der Waals surface area contributed by atoms with Gasteiger partial charge >= 0.3 is 0 Å². The first-order valence-electron chi connectivity index (χ1n) is 4.30. The second-order valence-electron chi connectivity index (χ2n) is 3.25. The Kier molecular flexibility index (Phi) is 1.85. The third-order valence-electron chi connectivity index (χ3n) is 2.26. The predicted octanol–water partition coefficient (Wildman–Crippen LogP) is 2.68. The Bertz CT molecular complexity index is 429. The van der Waals surface area contributed by atoms with E-state index in [0.29, 0.717) is 6.23 Å². The van der Waals surface area contributed by atoms with Gasteiger partial charge in [0.2, 0.25) is 0 Å². The first kappa shape index (κ1) is 8.32. The zero-order valence-corrected chi connectivity index (χ0v) is 7.78. The van der Waals surface area contributed by atoms with Gasteiger partial charge in [0.1, 0.15) is 0 Å². The number of hydrogen-bond acceptors (Lipinski definition) is 1. The molecule has 2 nitrogen and oxygen atoms in total. The number of nitrogens with zero attached hydrogens (tertiary/aromatic N) is 1. The van der Waals surface area contributed by atoms with Crippen LogP contribution in [0.25, 0.3) is 10.9 Å². The molecule has 0 amide bonds. The maximum absolute atomic E-state index is 9.41. The number of para-hydroxylation sites is 1. The first-order valence-corrected chi connectivity index (χ1v) is 4.30. The Morgan fingerprint density at radius 3 is 2.77 bits per heavy atom. The number of rotatable bonds is 1. The lowest BCUT2D eigenvalue weighted by Gasteiger charge is -2.08. The highest BCUT2D eigenvalue weighted by atomic mass is 16.3. The van der Waals surface area contributed by atoms with Gasteiger partial charge in [-0.2, -0.15) is 0 Å². The van der Waals surface area contributed by atoms with Gasteiger partial charge in [-0.15, -0.1) is 0 Å². The Morgan fingerprint density at radius 1 is 1.31 bits per heavy atom. The second-order valence-corrected chi connectivity index (χ2v) is 3.25. The van der Waals surface area contributed by atoms with Gasteiger partial charge in [-0.05, 0) is 30.9 Å². The van der Waals surface area contributed by atoms with E-state index in [0.717, 1.165) is 10.9 Å². The molecule has 0 saturated carbocycles. The van der Waals surface area contributed by atoms with Crippen molar-refractivity contribution in [1.29, 1.82) is 0 Å². The molecular weight excluding hydrogens is 162 g/mol. The summed E-state index contributed by atoms with van der Waals surface area (Å²) in [6, 6.07) is 8.11. The van der Waals surface area contributed by atoms with E-state index in [4.69, 9.17) is 0 Å². The summed E-state index contributed by atoms with van der Waals surface area (Å²) >= 11 is 0. The van der Waals surface area contributed by atoms with Gasteiger partial charge in [0.25, 0.3) is 0 Å². The Balaban J connectivity index is 2.79. The lowest BCUT2D eigenvalue weighted by molar-refractivity contribution is 0.283. The Hall–Kier alpha value is -1.28. The van der Waals surface area contributed by atoms with Gasteiger partial charge < -0.3 is 9.67 Å². The molecule has 0 aliphatic carbocycles. The van der Waals surface area contributed by atoms with Crippen molar-refractivity contribution in [2.75, 3.05) is 0 Å². The molecule has 2 rings (SSSR count). The van der Waals surface area contributed by atoms with Crippen molar-refractivity contribution in [1.82, 2.24) is 4.57 Å². The zero-order chi connectivity index (χ0) is 9.42. The normalized spacial score (nSPS) is 11.4. The number of aliphatic hydroxyl groups is 1. The number of benzene rings is 1. The van der Waals surface area contributed by atoms with E-state index in [-0.39, 0.29) is 0 Å². The van der Waals surface area contributed by atoms with Crippen LogP contribution in [0.1, 0.15) is 12.5 Å². The molecule has 13 heavy (non-hydrogen) atoms. The van der Waals surface area contributed by atoms with Gasteiger partial charge in [0, 0.05) is 6.20 Å². The van der Waals surface area contributed by atoms with Crippen molar-refractivity contribution in [2.24, 2.45) is 0 Å². The van der Waals surface area contributed by atoms with Gasteiger partial charge in [-0.25, -0.2) is 0 Å². The number of hydrogen-bond donors (Lipinski definition) is 1. The molecule has 0 spiro atoms. The lowest BCUT2D eigenvalue weighted by Crippen LogP contribution is -2.03. The molecule has 1 aromatic carbocycles. The molecule has 67 valence electrons. The Morgan fingerprint density at radius 2 is 2.08 bits per heavy atom. The molecule has 0 unspecified atom stereocenters. The molecule has 0 fully saturated rings. The second kappa shape index (κ2) is 2.89. The summed E-state index contributed by atoms with van der Waals surface area (Å²) in [6.45, 7) is 3.73. The molecule has 0 bridgehead atoms. The minimum atomic E-state index is 0.310. The highest BCUT2D eigenvalue weighted by Gasteiger charge is 2.07. The van der Waals surface area contributed by atoms with E-state index in [2.05, 4.69) is 0 Å². The molecule has 0 atom stereocenters. The summed E-state index contributed by atoms with van der Waals surface area (Å²) in [5.41, 5.74) is 2.26. The Labute approximate surface area is 77.4 Å². The minimum Gasteiger partial charge on any atom is -0.367 e. The van der Waals surface area contributed by atoms with E-state index in [1.54, 1.807) is 11.5 Å². The summed E-state index contributed by atoms with van der Waals surface area (Å²) < 4.78 is 1.80. The average Bonchev–Trinajstić information content (AvgIpc) is 2.49. The van der Waals surface area contributed by atoms with Crippen molar-refractivity contribution in [3.63, 3.8) is 0 Å². The fourth-order valence-corrected chi connectivity index (χ4v) is 1.64. The zero-order valence-electron chi connectivity index (χ0n) is 7.78. The van der Waals surface area contributed by atoms with Crippen molar-refractivity contribution < 1.29 is 5.11 Å². The van der Waals surface area contributed by atoms with E-state index in [9.17, 15) is 5.11 Å². The van der Waals surface area contributed by atoms with Crippen LogP contribution in [0.15, 0.2) is 30.5 Å². The van der Waals surface area contributed by atoms with Gasteiger partial charge in [-0.3, -0.25) is 0 Å². The number of fused-ring (bicyclic) bond motifs is 1. The number of aromatic nitrogens is 1. The van der Waals surface area contributed by atoms with Gasteiger partial charge in [0.05, 0.1) is 5.52 Å². The van der Waals surface area contributed by atoms with E-state index in [1.807, 2.05) is 37.4 Å². The monoisotopic (exact) mass is 174 g/mol. The maximum atomic E-state index is 9.41. The standard InChI is InChI=1S/C11H12NO/c1-8-4-3-5-10-6-7-12(9(2)13)11(8)10/h3-7,13H,1-2H3. The van der Waals surface area contributed by atoms with Crippen molar-refractivity contribution >= 4 is 10.9 Å². The van der Waals surface area contributed by atoms with Crippen LogP contribution in [-0.2, 0) is 0 Å². The molecule has 1 heterocycles. The summed E-state index contributed by atoms with van der Waals surface area (Å²) in [6.07, 6.45) is 2.19. The molecule has 2 aromatic rings. The van der Waals surface area contributed by atoms with Crippen LogP contribution in [0.4, 0.5) is 0 Å². The van der Waals surface area contributed by atoms with E-state index in [1.165, 1.54) is 5.56 Å². The topological polar surface area (TPSA) is 25.2 Å². The van der Waals surface area contributed by atoms with Crippen LogP contribution in [-0.4, -0.2) is 9.67 Å². The summed E-state index contributed by atoms with van der Waals surface area (Å²) in [5.74, 6) is 0. The molecule has 1 radical (unpaired) electrons. The van der Waals surface area contributed by atoms with Crippen LogP contribution in [0.5, 0.6) is 0 Å². The van der Waals surface area contributed by atoms with Gasteiger partial charge in [0.15, 0.2) is 6.23 Å². The largest absolute Gasteiger partial charge is 0.367 e. The van der Waals surface area contributed by atoms with Crippen LogP contribution in [0.3, 0.4) is 0 Å². The maximum Gasteiger partial charge on any atom is 0.187 e. The summed E-state index contributed by atoms with van der Waals surface area (Å²) in [5, 5.41) is 10.6. The highest BCUT2D eigenvalue weighted by molar-refractivity contribution is 5.83. The highest BCUT2D eigenvalue weighted by Crippen LogP contribution is 2.21. The molecule has 1 N–H and O–H groups in total. The molecule has 2 heteroatoms. The molecule has 0 saturated heterocycles. The SMILES string of the molecule is C[C](O)n1ccc2cccc(C)c21. The van der Waals surface area contributed by atoms with Crippen LogP contribution >= 0.6 is 0 Å². The van der Waals surface area contributed by atoms with Crippen molar-refractivity contribution in [2.45, 2.75) is 13.8 Å². The van der Waals surface area contributed by atoms with E-state index < -0.39 is 0 Å². The first-order chi connectivity index (χ1) is 6.20. The summed E-state index contributed by atoms with van der Waals surface area (Å²) in [7, 11) is 0. The fourth-order valence-electron chi connectivity index (χ4n) is 1.64. The van der Waals surface area contributed by atoms with Crippen molar-refractivity contribution in [3.05, 3.63) is 42.3 Å².